The van der Waals surface area contributed by atoms with Crippen LogP contribution < -0.4 is 15.4 Å². The number of aromatic nitrogens is 5. The van der Waals surface area contributed by atoms with Crippen LogP contribution in [0.1, 0.15) is 33.5 Å². The number of amides is 1. The van der Waals surface area contributed by atoms with Crippen molar-refractivity contribution in [2.24, 2.45) is 0 Å². The van der Waals surface area contributed by atoms with Gasteiger partial charge < -0.3 is 15.4 Å². The van der Waals surface area contributed by atoms with Crippen LogP contribution in [0.15, 0.2) is 36.8 Å². The van der Waals surface area contributed by atoms with E-state index in [1.54, 1.807) is 10.00 Å². The van der Waals surface area contributed by atoms with E-state index in [1.807, 2.05) is 0 Å². The molecule has 2 aromatic heterocycles. The number of halogens is 3. The smallest absolute Gasteiger partial charge is 0.404 e. The number of benzene rings is 1. The third kappa shape index (κ3) is 4.31. The van der Waals surface area contributed by atoms with Crippen molar-refractivity contribution in [2.45, 2.75) is 25.2 Å². The second-order valence-corrected chi connectivity index (χ2v) is 6.41. The second-order valence-electron chi connectivity index (χ2n) is 6.41. The molecule has 156 valence electrons. The number of carbonyl (C=O) groups is 1. The normalized spacial score (nSPS) is 15.6. The van der Waals surface area contributed by atoms with E-state index in [0.29, 0.717) is 0 Å². The van der Waals surface area contributed by atoms with Gasteiger partial charge in [-0.2, -0.15) is 10.2 Å². The summed E-state index contributed by atoms with van der Waals surface area (Å²) < 4.78 is 66.5. The van der Waals surface area contributed by atoms with Crippen molar-refractivity contribution in [3.63, 3.8) is 0 Å². The molecule has 1 aromatic carbocycles. The molecule has 9 nitrogen and oxygen atoms in total. The number of carbonyl (C=O) groups excluding carboxylic acids is 1. The summed E-state index contributed by atoms with van der Waals surface area (Å²) in [6, 6.07) is 5.39. The van der Waals surface area contributed by atoms with Gasteiger partial charge >= 0.3 is 6.36 Å². The first kappa shape index (κ1) is 16.1. The molecule has 1 fully saturated rings. The van der Waals surface area contributed by atoms with Crippen LogP contribution in [0.25, 0.3) is 11.4 Å². The van der Waals surface area contributed by atoms with Crippen molar-refractivity contribution in [1.82, 2.24) is 30.3 Å². The Balaban J connectivity index is 1.66. The van der Waals surface area contributed by atoms with Crippen LogP contribution in [0.2, 0.25) is 0 Å². The molecular formula is C18H16F3N7O2. The summed E-state index contributed by atoms with van der Waals surface area (Å²) in [5.41, 5.74) is -0.385. The molecule has 12 heteroatoms. The van der Waals surface area contributed by atoms with Crippen LogP contribution in [0.5, 0.6) is 5.75 Å². The highest BCUT2D eigenvalue weighted by atomic mass is 19.4. The Hall–Kier alpha value is -3.70. The van der Waals surface area contributed by atoms with E-state index in [-0.39, 0.29) is 28.8 Å². The average molecular weight is 422 g/mol. The van der Waals surface area contributed by atoms with E-state index >= 15 is 0 Å². The zero-order valence-electron chi connectivity index (χ0n) is 18.1. The fourth-order valence-electron chi connectivity index (χ4n) is 2.70. The van der Waals surface area contributed by atoms with Crippen molar-refractivity contribution < 1.29 is 26.8 Å². The lowest BCUT2D eigenvalue weighted by Crippen LogP contribution is -2.21. The quantitative estimate of drug-likeness (QED) is 0.629. The summed E-state index contributed by atoms with van der Waals surface area (Å²) in [6.07, 6.45) is -0.380. The number of nitrogens with one attached hydrogen (secondary N) is 2. The average Bonchev–Trinajstić information content (AvgIpc) is 3.44. The summed E-state index contributed by atoms with van der Waals surface area (Å²) in [6.45, 7) is -2.80. The number of anilines is 2. The molecule has 3 aromatic rings. The van der Waals surface area contributed by atoms with Crippen molar-refractivity contribution >= 4 is 17.3 Å². The van der Waals surface area contributed by atoms with Gasteiger partial charge in [-0.1, -0.05) is 0 Å². The Kier molecular flexibility index (Phi) is 4.09. The number of alkyl halides is 3. The Morgan fingerprint density at radius 2 is 2.13 bits per heavy atom. The number of hydrogen-bond acceptors (Lipinski definition) is 7. The highest BCUT2D eigenvalue weighted by Gasteiger charge is 2.33. The third-order valence-electron chi connectivity index (χ3n) is 4.21. The molecular weight excluding hydrogens is 403 g/mol. The van der Waals surface area contributed by atoms with Gasteiger partial charge in [0.15, 0.2) is 17.3 Å². The maximum atomic E-state index is 13.1. The molecule has 2 heterocycles. The van der Waals surface area contributed by atoms with Crippen molar-refractivity contribution in [1.29, 1.82) is 0 Å². The molecule has 0 atom stereocenters. The molecule has 1 aliphatic rings. The van der Waals surface area contributed by atoms with Gasteiger partial charge in [0.05, 0.1) is 23.6 Å². The zero-order chi connectivity index (χ0) is 23.8. The lowest BCUT2D eigenvalue weighted by molar-refractivity contribution is -0.274. The Morgan fingerprint density at radius 1 is 1.30 bits per heavy atom. The van der Waals surface area contributed by atoms with Crippen LogP contribution >= 0.6 is 0 Å². The first-order valence-corrected chi connectivity index (χ1v) is 8.71. The van der Waals surface area contributed by atoms with E-state index < -0.39 is 30.7 Å². The maximum Gasteiger partial charge on any atom is 0.573 e. The minimum Gasteiger partial charge on any atom is -0.404 e. The van der Waals surface area contributed by atoms with E-state index in [4.69, 9.17) is 4.11 Å². The predicted molar refractivity (Wildman–Crippen MR) is 99.1 cm³/mol. The van der Waals surface area contributed by atoms with Crippen LogP contribution in [0.3, 0.4) is 0 Å². The molecule has 30 heavy (non-hydrogen) atoms. The number of hydrogen-bond donors (Lipinski definition) is 2. The summed E-state index contributed by atoms with van der Waals surface area (Å²) in [5.74, 6) is -1.47. The van der Waals surface area contributed by atoms with E-state index in [1.165, 1.54) is 30.7 Å². The maximum absolute atomic E-state index is 13.1. The van der Waals surface area contributed by atoms with Gasteiger partial charge in [0, 0.05) is 16.7 Å². The van der Waals surface area contributed by atoms with E-state index in [0.717, 1.165) is 18.9 Å². The second kappa shape index (κ2) is 7.61. The highest BCUT2D eigenvalue weighted by Crippen LogP contribution is 2.37. The predicted octanol–water partition coefficient (Wildman–Crippen LogP) is 3.07. The van der Waals surface area contributed by atoms with Gasteiger partial charge in [-0.25, -0.2) is 9.67 Å². The summed E-state index contributed by atoms with van der Waals surface area (Å²) in [4.78, 5) is 16.4. The fourth-order valence-corrected chi connectivity index (χ4v) is 2.70. The molecule has 1 saturated carbocycles. The first-order chi connectivity index (χ1) is 15.5. The van der Waals surface area contributed by atoms with E-state index in [9.17, 15) is 18.0 Å². The largest absolute Gasteiger partial charge is 0.573 e. The number of nitrogens with zero attached hydrogens (tertiary/aromatic N) is 5. The minimum atomic E-state index is -5.01. The van der Waals surface area contributed by atoms with E-state index in [2.05, 4.69) is 30.3 Å². The van der Waals surface area contributed by atoms with Gasteiger partial charge in [0.1, 0.15) is 6.33 Å². The zero-order valence-corrected chi connectivity index (χ0v) is 15.1. The summed E-state index contributed by atoms with van der Waals surface area (Å²) in [7, 11) is 0. The SMILES string of the molecule is [2H]C([2H])([2H])NC(=O)c1nnccc1Nc1ccc(-c2ncn(C3CC3)n2)cc1OC(F)(F)F. The molecule has 0 spiro atoms. The third-order valence-corrected chi connectivity index (χ3v) is 4.21. The molecule has 0 saturated heterocycles. The Labute approximate surface area is 172 Å². The van der Waals surface area contributed by atoms with Gasteiger partial charge in [-0.3, -0.25) is 4.79 Å². The van der Waals surface area contributed by atoms with Crippen molar-refractivity contribution in [3.8, 4) is 17.1 Å². The molecule has 2 N–H and O–H groups in total. The molecule has 0 aliphatic heterocycles. The molecule has 1 amide bonds. The van der Waals surface area contributed by atoms with Crippen LogP contribution in [-0.2, 0) is 0 Å². The lowest BCUT2D eigenvalue weighted by atomic mass is 10.1. The highest BCUT2D eigenvalue weighted by molar-refractivity contribution is 5.98. The molecule has 0 bridgehead atoms. The van der Waals surface area contributed by atoms with Crippen molar-refractivity contribution in [2.75, 3.05) is 12.3 Å². The topological polar surface area (TPSA) is 107 Å². The summed E-state index contributed by atoms with van der Waals surface area (Å²) in [5, 5.41) is 15.8. The van der Waals surface area contributed by atoms with Crippen LogP contribution in [-0.4, -0.2) is 44.2 Å². The van der Waals surface area contributed by atoms with Gasteiger partial charge in [-0.05, 0) is 37.1 Å². The molecule has 1 aliphatic carbocycles. The Bertz CT molecular complexity index is 1180. The number of rotatable bonds is 6. The first-order valence-electron chi connectivity index (χ1n) is 10.2. The molecule has 0 unspecified atom stereocenters. The standard InChI is InChI=1S/C18H16F3N7O2/c1-22-17(29)15-13(6-7-24-26-15)25-12-5-2-10(8-14(12)30-18(19,20)21)16-23-9-28(27-16)11-3-4-11/h2,5-9,11H,3-4H2,1H3,(H,22,29)(H,24,25)/i1D3. The molecule has 4 rings (SSSR count). The van der Waals surface area contributed by atoms with Gasteiger partial charge in [-0.15, -0.1) is 18.3 Å². The van der Waals surface area contributed by atoms with Crippen LogP contribution in [0, 0.1) is 0 Å². The van der Waals surface area contributed by atoms with Gasteiger partial charge in [0.2, 0.25) is 0 Å². The fraction of sp³-hybridized carbons (Fsp3) is 0.278. The molecule has 0 radical (unpaired) electrons. The monoisotopic (exact) mass is 422 g/mol. The van der Waals surface area contributed by atoms with Crippen LogP contribution in [0.4, 0.5) is 24.5 Å². The Morgan fingerprint density at radius 3 is 2.87 bits per heavy atom. The summed E-state index contributed by atoms with van der Waals surface area (Å²) >= 11 is 0. The lowest BCUT2D eigenvalue weighted by Gasteiger charge is -2.16. The van der Waals surface area contributed by atoms with Crippen molar-refractivity contribution in [3.05, 3.63) is 42.5 Å². The minimum absolute atomic E-state index is 0.0809. The van der Waals surface area contributed by atoms with Gasteiger partial charge in [0.25, 0.3) is 5.91 Å². The number of ether oxygens (including phenoxy) is 1.